The first kappa shape index (κ1) is 16.6. The van der Waals surface area contributed by atoms with Crippen LogP contribution in [-0.2, 0) is 0 Å². The second-order valence-electron chi connectivity index (χ2n) is 5.46. The normalized spacial score (nSPS) is 13.0. The summed E-state index contributed by atoms with van der Waals surface area (Å²) in [4.78, 5) is 36.9. The van der Waals surface area contributed by atoms with Gasteiger partial charge in [0.25, 0.3) is 17.7 Å². The summed E-state index contributed by atoms with van der Waals surface area (Å²) < 4.78 is 18.6. The number of carbonyl (C=O) groups is 3. The Morgan fingerprint density at radius 3 is 2.60 bits per heavy atom. The van der Waals surface area contributed by atoms with E-state index in [1.807, 2.05) is 0 Å². The highest BCUT2D eigenvalue weighted by atomic mass is 19.1. The van der Waals surface area contributed by atoms with Crippen molar-refractivity contribution in [1.82, 2.24) is 10.2 Å². The molecule has 6 nitrogen and oxygen atoms in total. The van der Waals surface area contributed by atoms with Crippen LogP contribution in [0.15, 0.2) is 42.5 Å². The third-order valence-electron chi connectivity index (χ3n) is 3.83. The summed E-state index contributed by atoms with van der Waals surface area (Å²) >= 11 is 0. The lowest BCUT2D eigenvalue weighted by molar-refractivity contribution is 0.0693. The lowest BCUT2D eigenvalue weighted by Gasteiger charge is -2.08. The molecule has 0 aromatic heterocycles. The molecule has 0 atom stereocenters. The van der Waals surface area contributed by atoms with E-state index >= 15 is 0 Å². The van der Waals surface area contributed by atoms with E-state index in [1.54, 1.807) is 12.1 Å². The summed E-state index contributed by atoms with van der Waals surface area (Å²) in [7, 11) is 1.39. The molecule has 0 saturated heterocycles. The van der Waals surface area contributed by atoms with Crippen LogP contribution in [0.25, 0.3) is 0 Å². The number of hydrogen-bond donors (Lipinski definition) is 1. The minimum atomic E-state index is -0.472. The number of hydrogen-bond acceptors (Lipinski definition) is 4. The van der Waals surface area contributed by atoms with E-state index in [1.165, 1.54) is 37.4 Å². The summed E-state index contributed by atoms with van der Waals surface area (Å²) in [5, 5.41) is 2.62. The van der Waals surface area contributed by atoms with Gasteiger partial charge in [-0.25, -0.2) is 4.39 Å². The van der Waals surface area contributed by atoms with Crippen LogP contribution < -0.4 is 10.1 Å². The molecule has 25 heavy (non-hydrogen) atoms. The second kappa shape index (κ2) is 6.72. The third-order valence-corrected chi connectivity index (χ3v) is 3.83. The highest BCUT2D eigenvalue weighted by Crippen LogP contribution is 2.22. The van der Waals surface area contributed by atoms with Gasteiger partial charge in [-0.3, -0.25) is 19.3 Å². The lowest BCUT2D eigenvalue weighted by atomic mass is 10.1. The Kier molecular flexibility index (Phi) is 4.47. The molecule has 0 unspecified atom stereocenters. The number of ether oxygens (including phenoxy) is 1. The molecular weight excluding hydrogens is 327 g/mol. The van der Waals surface area contributed by atoms with Gasteiger partial charge in [-0.15, -0.1) is 0 Å². The molecule has 1 aliphatic rings. The standard InChI is InChI=1S/C18H15FN2O4/c1-21-17(23)12-7-6-11(10-13(12)18(21)24)16(22)20-8-9-25-15-5-3-2-4-14(15)19/h2-7,10H,8-9H2,1H3,(H,20,22). The summed E-state index contributed by atoms with van der Waals surface area (Å²) in [6.07, 6.45) is 0. The van der Waals surface area contributed by atoms with E-state index in [2.05, 4.69) is 5.32 Å². The van der Waals surface area contributed by atoms with Gasteiger partial charge < -0.3 is 10.1 Å². The van der Waals surface area contributed by atoms with E-state index in [9.17, 15) is 18.8 Å². The minimum Gasteiger partial charge on any atom is -0.489 e. The highest BCUT2D eigenvalue weighted by Gasteiger charge is 2.33. The quantitative estimate of drug-likeness (QED) is 0.665. The Morgan fingerprint density at radius 1 is 1.12 bits per heavy atom. The number of imide groups is 1. The summed E-state index contributed by atoms with van der Waals surface area (Å²) in [6.45, 7) is 0.259. The van der Waals surface area contributed by atoms with Crippen molar-refractivity contribution in [2.75, 3.05) is 20.2 Å². The van der Waals surface area contributed by atoms with Gasteiger partial charge in [-0.1, -0.05) is 12.1 Å². The van der Waals surface area contributed by atoms with Crippen LogP contribution in [-0.4, -0.2) is 42.8 Å². The Balaban J connectivity index is 1.59. The van der Waals surface area contributed by atoms with Crippen molar-refractivity contribution in [1.29, 1.82) is 0 Å². The number of nitrogens with zero attached hydrogens (tertiary/aromatic N) is 1. The van der Waals surface area contributed by atoms with Crippen LogP contribution in [0.1, 0.15) is 31.1 Å². The molecular formula is C18H15FN2O4. The van der Waals surface area contributed by atoms with Gasteiger partial charge in [-0.2, -0.15) is 0 Å². The number of nitrogens with one attached hydrogen (secondary N) is 1. The summed E-state index contributed by atoms with van der Waals surface area (Å²) in [5.74, 6) is -1.58. The first-order valence-electron chi connectivity index (χ1n) is 7.61. The van der Waals surface area contributed by atoms with E-state index < -0.39 is 17.6 Å². The van der Waals surface area contributed by atoms with Gasteiger partial charge >= 0.3 is 0 Å². The maximum atomic E-state index is 13.4. The van der Waals surface area contributed by atoms with Gasteiger partial charge in [-0.05, 0) is 30.3 Å². The first-order valence-corrected chi connectivity index (χ1v) is 7.61. The van der Waals surface area contributed by atoms with Crippen molar-refractivity contribution in [3.63, 3.8) is 0 Å². The van der Waals surface area contributed by atoms with Gasteiger partial charge in [0.15, 0.2) is 11.6 Å². The van der Waals surface area contributed by atoms with E-state index in [0.29, 0.717) is 0 Å². The maximum Gasteiger partial charge on any atom is 0.261 e. The average Bonchev–Trinajstić information content (AvgIpc) is 2.84. The van der Waals surface area contributed by atoms with E-state index in [-0.39, 0.29) is 41.5 Å². The molecule has 2 aromatic carbocycles. The SMILES string of the molecule is CN1C(=O)c2ccc(C(=O)NCCOc3ccccc3F)cc2C1=O. The molecule has 1 N–H and O–H groups in total. The Morgan fingerprint density at radius 2 is 1.84 bits per heavy atom. The molecule has 0 spiro atoms. The molecule has 1 aliphatic heterocycles. The molecule has 0 fully saturated rings. The zero-order chi connectivity index (χ0) is 18.0. The van der Waals surface area contributed by atoms with E-state index in [4.69, 9.17) is 4.74 Å². The minimum absolute atomic E-state index is 0.0950. The highest BCUT2D eigenvalue weighted by molar-refractivity contribution is 6.21. The number of carbonyl (C=O) groups excluding carboxylic acids is 3. The predicted molar refractivity (Wildman–Crippen MR) is 87.1 cm³/mol. The summed E-state index contributed by atoms with van der Waals surface area (Å²) in [5.41, 5.74) is 0.760. The van der Waals surface area contributed by atoms with Crippen molar-refractivity contribution < 1.29 is 23.5 Å². The van der Waals surface area contributed by atoms with Crippen molar-refractivity contribution in [2.24, 2.45) is 0 Å². The van der Waals surface area contributed by atoms with Gasteiger partial charge in [0.05, 0.1) is 17.7 Å². The van der Waals surface area contributed by atoms with Crippen LogP contribution in [0.3, 0.4) is 0 Å². The number of fused-ring (bicyclic) bond motifs is 1. The molecule has 3 amide bonds. The smallest absolute Gasteiger partial charge is 0.261 e. The van der Waals surface area contributed by atoms with Crippen molar-refractivity contribution >= 4 is 17.7 Å². The fraction of sp³-hybridized carbons (Fsp3) is 0.167. The van der Waals surface area contributed by atoms with Crippen molar-refractivity contribution in [3.05, 3.63) is 65.0 Å². The fourth-order valence-corrected chi connectivity index (χ4v) is 2.49. The maximum absolute atomic E-state index is 13.4. The van der Waals surface area contributed by atoms with Crippen LogP contribution in [0, 0.1) is 5.82 Å². The van der Waals surface area contributed by atoms with E-state index in [0.717, 1.165) is 4.90 Å². The molecule has 0 bridgehead atoms. The lowest BCUT2D eigenvalue weighted by Crippen LogP contribution is -2.28. The average molecular weight is 342 g/mol. The van der Waals surface area contributed by atoms with Gasteiger partial charge in [0.2, 0.25) is 0 Å². The third kappa shape index (κ3) is 3.21. The Bertz CT molecular complexity index is 866. The largest absolute Gasteiger partial charge is 0.489 e. The molecule has 0 radical (unpaired) electrons. The number of benzene rings is 2. The number of rotatable bonds is 5. The van der Waals surface area contributed by atoms with Gasteiger partial charge in [0.1, 0.15) is 6.61 Å². The van der Waals surface area contributed by atoms with Crippen LogP contribution in [0.2, 0.25) is 0 Å². The zero-order valence-electron chi connectivity index (χ0n) is 13.4. The van der Waals surface area contributed by atoms with Crippen LogP contribution in [0.4, 0.5) is 4.39 Å². The molecule has 2 aromatic rings. The predicted octanol–water partition coefficient (Wildman–Crippen LogP) is 1.86. The van der Waals surface area contributed by atoms with Crippen LogP contribution in [0.5, 0.6) is 5.75 Å². The topological polar surface area (TPSA) is 75.7 Å². The Labute approximate surface area is 143 Å². The molecule has 0 aliphatic carbocycles. The molecule has 128 valence electrons. The van der Waals surface area contributed by atoms with Crippen molar-refractivity contribution in [3.8, 4) is 5.75 Å². The number of para-hydroxylation sites is 1. The Hall–Kier alpha value is -3.22. The summed E-state index contributed by atoms with van der Waals surface area (Å²) in [6, 6.07) is 10.3. The molecule has 7 heteroatoms. The zero-order valence-corrected chi connectivity index (χ0v) is 13.4. The monoisotopic (exact) mass is 342 g/mol. The second-order valence-corrected chi connectivity index (χ2v) is 5.46. The first-order chi connectivity index (χ1) is 12.0. The molecule has 1 heterocycles. The van der Waals surface area contributed by atoms with Crippen molar-refractivity contribution in [2.45, 2.75) is 0 Å². The van der Waals surface area contributed by atoms with Gasteiger partial charge in [0, 0.05) is 12.6 Å². The number of halogens is 1. The molecule has 0 saturated carbocycles. The molecule has 3 rings (SSSR count). The fourth-order valence-electron chi connectivity index (χ4n) is 2.49. The number of amides is 3. The van der Waals surface area contributed by atoms with Crippen LogP contribution >= 0.6 is 0 Å².